The lowest BCUT2D eigenvalue weighted by molar-refractivity contribution is -0.129. The molecular formula is C24H26N4O3. The molecule has 31 heavy (non-hydrogen) atoms. The van der Waals surface area contributed by atoms with E-state index in [2.05, 4.69) is 20.6 Å². The maximum Gasteiger partial charge on any atom is 0.258 e. The van der Waals surface area contributed by atoms with Crippen LogP contribution >= 0.6 is 0 Å². The first-order chi connectivity index (χ1) is 15.1. The largest absolute Gasteiger partial charge is 0.352 e. The number of fused-ring (bicyclic) bond motifs is 1. The Kier molecular flexibility index (Phi) is 6.40. The Labute approximate surface area is 180 Å². The van der Waals surface area contributed by atoms with Gasteiger partial charge in [-0.25, -0.2) is 4.98 Å². The van der Waals surface area contributed by atoms with E-state index in [0.717, 1.165) is 18.4 Å². The first kappa shape index (κ1) is 20.8. The van der Waals surface area contributed by atoms with Gasteiger partial charge in [0.1, 0.15) is 11.9 Å². The van der Waals surface area contributed by atoms with Gasteiger partial charge in [-0.15, -0.1) is 0 Å². The van der Waals surface area contributed by atoms with Crippen molar-refractivity contribution in [1.29, 1.82) is 0 Å². The highest BCUT2D eigenvalue weighted by atomic mass is 16.2. The molecule has 0 spiro atoms. The molecule has 2 amide bonds. The number of carbonyl (C=O) groups is 2. The fourth-order valence-electron chi connectivity index (χ4n) is 3.52. The van der Waals surface area contributed by atoms with Crippen molar-refractivity contribution in [1.82, 2.24) is 20.6 Å². The van der Waals surface area contributed by atoms with Crippen molar-refractivity contribution < 1.29 is 9.59 Å². The molecule has 1 aromatic heterocycles. The number of aromatic amines is 1. The SMILES string of the molecule is O=C(CCCc1nc2ccccc2c(=O)[nH]1)NC(Cc1ccccc1)C(=O)NC1CC1. The third-order valence-corrected chi connectivity index (χ3v) is 5.34. The molecule has 1 atom stereocenters. The molecule has 3 N–H and O–H groups in total. The normalized spacial score (nSPS) is 14.2. The summed E-state index contributed by atoms with van der Waals surface area (Å²) in [6.45, 7) is 0. The molecule has 7 heteroatoms. The molecule has 1 aliphatic rings. The van der Waals surface area contributed by atoms with Crippen LogP contribution in [0.2, 0.25) is 0 Å². The second-order valence-corrected chi connectivity index (χ2v) is 7.98. The van der Waals surface area contributed by atoms with Gasteiger partial charge in [0.25, 0.3) is 5.56 Å². The molecule has 0 aliphatic heterocycles. The topological polar surface area (TPSA) is 104 Å². The van der Waals surface area contributed by atoms with Crippen molar-refractivity contribution >= 4 is 22.7 Å². The lowest BCUT2D eigenvalue weighted by Crippen LogP contribution is -2.48. The fraction of sp³-hybridized carbons (Fsp3) is 0.333. The predicted octanol–water partition coefficient (Wildman–Crippen LogP) is 2.25. The van der Waals surface area contributed by atoms with E-state index in [-0.39, 0.29) is 29.8 Å². The zero-order valence-corrected chi connectivity index (χ0v) is 17.3. The summed E-state index contributed by atoms with van der Waals surface area (Å²) in [6, 6.07) is 16.5. The zero-order valence-electron chi connectivity index (χ0n) is 17.3. The van der Waals surface area contributed by atoms with Gasteiger partial charge in [0, 0.05) is 25.3 Å². The van der Waals surface area contributed by atoms with Gasteiger partial charge < -0.3 is 15.6 Å². The zero-order chi connectivity index (χ0) is 21.6. The number of benzene rings is 2. The Bertz CT molecular complexity index is 1120. The second-order valence-electron chi connectivity index (χ2n) is 7.98. The number of para-hydroxylation sites is 1. The van der Waals surface area contributed by atoms with Gasteiger partial charge in [-0.1, -0.05) is 42.5 Å². The summed E-state index contributed by atoms with van der Waals surface area (Å²) in [5, 5.41) is 6.41. The number of amides is 2. The van der Waals surface area contributed by atoms with Crippen LogP contribution in [0.15, 0.2) is 59.4 Å². The van der Waals surface area contributed by atoms with Crippen molar-refractivity contribution in [3.8, 4) is 0 Å². The van der Waals surface area contributed by atoms with Crippen LogP contribution in [0.4, 0.5) is 0 Å². The average molecular weight is 418 g/mol. The van der Waals surface area contributed by atoms with Crippen LogP contribution in [0.25, 0.3) is 10.9 Å². The standard InChI is InChI=1S/C24H26N4O3/c29-22(12-6-11-21-26-19-10-5-4-9-18(19)23(30)28-21)27-20(24(31)25-17-13-14-17)15-16-7-2-1-3-8-16/h1-5,7-10,17,20H,6,11-15H2,(H,25,31)(H,27,29)(H,26,28,30). The molecule has 0 bridgehead atoms. The van der Waals surface area contributed by atoms with E-state index in [4.69, 9.17) is 0 Å². The average Bonchev–Trinajstić information content (AvgIpc) is 3.58. The van der Waals surface area contributed by atoms with Crippen molar-refractivity contribution in [2.24, 2.45) is 0 Å². The molecular weight excluding hydrogens is 392 g/mol. The van der Waals surface area contributed by atoms with Gasteiger partial charge in [-0.05, 0) is 37.0 Å². The predicted molar refractivity (Wildman–Crippen MR) is 119 cm³/mol. The van der Waals surface area contributed by atoms with Crippen molar-refractivity contribution in [3.05, 3.63) is 76.3 Å². The quantitative estimate of drug-likeness (QED) is 0.496. The van der Waals surface area contributed by atoms with Gasteiger partial charge in [0.2, 0.25) is 11.8 Å². The Morgan fingerprint density at radius 2 is 1.81 bits per heavy atom. The molecule has 1 unspecified atom stereocenters. The Morgan fingerprint density at radius 1 is 1.06 bits per heavy atom. The summed E-state index contributed by atoms with van der Waals surface area (Å²) in [6.07, 6.45) is 3.69. The van der Waals surface area contributed by atoms with Gasteiger partial charge in [-0.3, -0.25) is 14.4 Å². The maximum atomic E-state index is 12.6. The van der Waals surface area contributed by atoms with Gasteiger partial charge >= 0.3 is 0 Å². The highest BCUT2D eigenvalue weighted by Crippen LogP contribution is 2.19. The molecule has 1 heterocycles. The third kappa shape index (κ3) is 5.78. The lowest BCUT2D eigenvalue weighted by Gasteiger charge is -2.18. The summed E-state index contributed by atoms with van der Waals surface area (Å²) >= 11 is 0. The number of aromatic nitrogens is 2. The number of aryl methyl sites for hydroxylation is 1. The minimum atomic E-state index is -0.603. The lowest BCUT2D eigenvalue weighted by atomic mass is 10.0. The second kappa shape index (κ2) is 9.55. The van der Waals surface area contributed by atoms with E-state index in [1.54, 1.807) is 18.2 Å². The molecule has 3 aromatic rings. The highest BCUT2D eigenvalue weighted by molar-refractivity contribution is 5.88. The van der Waals surface area contributed by atoms with Crippen LogP contribution in [-0.4, -0.2) is 33.9 Å². The minimum Gasteiger partial charge on any atom is -0.352 e. The molecule has 4 rings (SSSR count). The molecule has 1 saturated carbocycles. The Balaban J connectivity index is 1.34. The fourth-order valence-corrected chi connectivity index (χ4v) is 3.52. The Hall–Kier alpha value is -3.48. The van der Waals surface area contributed by atoms with Crippen molar-refractivity contribution in [3.63, 3.8) is 0 Å². The number of H-pyrrole nitrogens is 1. The number of nitrogens with one attached hydrogen (secondary N) is 3. The number of hydrogen-bond donors (Lipinski definition) is 3. The van der Waals surface area contributed by atoms with Crippen LogP contribution in [0.3, 0.4) is 0 Å². The molecule has 7 nitrogen and oxygen atoms in total. The molecule has 2 aromatic carbocycles. The summed E-state index contributed by atoms with van der Waals surface area (Å²) in [5.74, 6) is 0.235. The van der Waals surface area contributed by atoms with Gasteiger partial charge in [0.15, 0.2) is 0 Å². The van der Waals surface area contributed by atoms with Crippen LogP contribution in [0.5, 0.6) is 0 Å². The number of hydrogen-bond acceptors (Lipinski definition) is 4. The number of carbonyl (C=O) groups excluding carboxylic acids is 2. The van der Waals surface area contributed by atoms with Crippen LogP contribution in [-0.2, 0) is 22.4 Å². The summed E-state index contributed by atoms with van der Waals surface area (Å²) in [7, 11) is 0. The number of nitrogens with zero attached hydrogens (tertiary/aromatic N) is 1. The van der Waals surface area contributed by atoms with Gasteiger partial charge in [0.05, 0.1) is 10.9 Å². The van der Waals surface area contributed by atoms with Crippen molar-refractivity contribution in [2.45, 2.75) is 50.6 Å². The highest BCUT2D eigenvalue weighted by Gasteiger charge is 2.28. The molecule has 1 fully saturated rings. The number of rotatable bonds is 9. The van der Waals surface area contributed by atoms with E-state index < -0.39 is 6.04 Å². The van der Waals surface area contributed by atoms with Crippen molar-refractivity contribution in [2.75, 3.05) is 0 Å². The first-order valence-electron chi connectivity index (χ1n) is 10.7. The van der Waals surface area contributed by atoms with Gasteiger partial charge in [-0.2, -0.15) is 0 Å². The van der Waals surface area contributed by atoms with E-state index >= 15 is 0 Å². The van der Waals surface area contributed by atoms with E-state index in [1.807, 2.05) is 36.4 Å². The van der Waals surface area contributed by atoms with Crippen LogP contribution in [0.1, 0.15) is 37.1 Å². The van der Waals surface area contributed by atoms with E-state index in [0.29, 0.717) is 36.0 Å². The summed E-state index contributed by atoms with van der Waals surface area (Å²) < 4.78 is 0. The molecule has 1 aliphatic carbocycles. The van der Waals surface area contributed by atoms with Crippen LogP contribution < -0.4 is 16.2 Å². The van der Waals surface area contributed by atoms with E-state index in [1.165, 1.54) is 0 Å². The smallest absolute Gasteiger partial charge is 0.258 e. The monoisotopic (exact) mass is 418 g/mol. The first-order valence-corrected chi connectivity index (χ1v) is 10.7. The third-order valence-electron chi connectivity index (χ3n) is 5.34. The molecule has 0 radical (unpaired) electrons. The Morgan fingerprint density at radius 3 is 2.58 bits per heavy atom. The summed E-state index contributed by atoms with van der Waals surface area (Å²) in [5.41, 5.74) is 1.46. The maximum absolute atomic E-state index is 12.6. The minimum absolute atomic E-state index is 0.139. The summed E-state index contributed by atoms with van der Waals surface area (Å²) in [4.78, 5) is 44.6. The molecule has 160 valence electrons. The van der Waals surface area contributed by atoms with Crippen LogP contribution in [0, 0.1) is 0 Å². The molecule has 0 saturated heterocycles. The van der Waals surface area contributed by atoms with E-state index in [9.17, 15) is 14.4 Å².